The average Bonchev–Trinajstić information content (AvgIpc) is 2.37. The molecule has 10 heteroatoms. The predicted octanol–water partition coefficient (Wildman–Crippen LogP) is 7.09. The topological polar surface area (TPSA) is 20.2 Å². The molecule has 1 nitrogen and oxygen atoms in total. The molecule has 1 atom stereocenters. The molecule has 1 aromatic rings. The van der Waals surface area contributed by atoms with Gasteiger partial charge in [0.05, 0.1) is 6.10 Å². The second kappa shape index (κ2) is 7.19. The molecule has 0 fully saturated rings. The van der Waals surface area contributed by atoms with Crippen LogP contribution in [0.4, 0.5) is 0 Å². The molecular weight excluding hydrogens is 479 g/mol. The van der Waals surface area contributed by atoms with Gasteiger partial charge in [0, 0.05) is 0 Å². The highest BCUT2D eigenvalue weighted by Gasteiger charge is 2.68. The van der Waals surface area contributed by atoms with Gasteiger partial charge in [-0.3, -0.25) is 0 Å². The van der Waals surface area contributed by atoms with Crippen LogP contribution in [0.1, 0.15) is 24.2 Å². The number of aliphatic hydroxyl groups excluding tert-OH is 1. The van der Waals surface area contributed by atoms with E-state index in [4.69, 9.17) is 104 Å². The molecule has 1 aromatic carbocycles. The fraction of sp³-hybridized carbons (Fsp3) is 0.500. The van der Waals surface area contributed by atoms with Crippen molar-refractivity contribution in [3.63, 3.8) is 0 Å². The molecule has 0 saturated heterocycles. The van der Waals surface area contributed by atoms with E-state index in [9.17, 15) is 5.11 Å². The molecule has 0 saturated carbocycles. The third-order valence-electron chi connectivity index (χ3n) is 2.88. The van der Waals surface area contributed by atoms with E-state index in [1.807, 2.05) is 0 Å². The fourth-order valence-corrected chi connectivity index (χ4v) is 3.76. The first kappa shape index (κ1) is 21.8. The van der Waals surface area contributed by atoms with Crippen molar-refractivity contribution in [1.82, 2.24) is 0 Å². The van der Waals surface area contributed by atoms with Gasteiger partial charge in [0.2, 0.25) is 8.13 Å². The molecule has 0 aliphatic rings. The maximum Gasteiger partial charge on any atom is 0.226 e. The van der Waals surface area contributed by atoms with Gasteiger partial charge in [0.25, 0.3) is 0 Å². The molecule has 0 aromatic heterocycles. The molecule has 1 N–H and O–H groups in total. The van der Waals surface area contributed by atoms with Gasteiger partial charge in [-0.2, -0.15) is 0 Å². The Hall–Kier alpha value is 1.79. The van der Waals surface area contributed by atoms with Crippen LogP contribution < -0.4 is 0 Å². The smallest absolute Gasteiger partial charge is 0.226 e. The molecule has 0 amide bonds. The van der Waals surface area contributed by atoms with Crippen LogP contribution in [0, 0.1) is 0 Å². The van der Waals surface area contributed by atoms with E-state index in [0.29, 0.717) is 5.56 Å². The molecule has 0 radical (unpaired) electrons. The number of alkyl halides is 9. The lowest BCUT2D eigenvalue weighted by atomic mass is 10.0. The van der Waals surface area contributed by atoms with Crippen LogP contribution in [0.5, 0.6) is 0 Å². The minimum Gasteiger partial charge on any atom is -0.389 e. The van der Waals surface area contributed by atoms with Crippen LogP contribution in [-0.4, -0.2) is 17.6 Å². The van der Waals surface area contributed by atoms with Gasteiger partial charge in [0.15, 0.2) is 8.67 Å². The zero-order valence-corrected chi connectivity index (χ0v) is 17.5. The Morgan fingerprint density at radius 1 is 0.864 bits per heavy atom. The normalized spacial score (nSPS) is 15.8. The molecule has 0 aliphatic carbocycles. The van der Waals surface area contributed by atoms with Gasteiger partial charge in [0.1, 0.15) is 0 Å². The molecular formula is C12H9Cl9O. The highest BCUT2D eigenvalue weighted by atomic mass is 35.6. The number of hydrogen-bond acceptors (Lipinski definition) is 1. The summed E-state index contributed by atoms with van der Waals surface area (Å²) in [5.41, 5.74) is 0.745. The summed E-state index contributed by atoms with van der Waals surface area (Å²) < 4.78 is -8.99. The third-order valence-corrected chi connectivity index (χ3v) is 8.35. The fourth-order valence-electron chi connectivity index (χ4n) is 1.55. The lowest BCUT2D eigenvalue weighted by Gasteiger charge is -2.44. The van der Waals surface area contributed by atoms with Crippen molar-refractivity contribution in [2.45, 2.75) is 29.8 Å². The van der Waals surface area contributed by atoms with Crippen molar-refractivity contribution < 1.29 is 5.11 Å². The molecule has 0 spiro atoms. The minimum atomic E-state index is -2.35. The van der Waals surface area contributed by atoms with E-state index in [-0.39, 0.29) is 5.56 Å². The number of aliphatic hydroxyl groups is 1. The predicted molar refractivity (Wildman–Crippen MR) is 99.6 cm³/mol. The van der Waals surface area contributed by atoms with Gasteiger partial charge in [-0.05, 0) is 18.1 Å². The van der Waals surface area contributed by atoms with Gasteiger partial charge in [-0.15, -0.1) is 0 Å². The van der Waals surface area contributed by atoms with Crippen LogP contribution in [0.3, 0.4) is 0 Å². The maximum atomic E-state index is 9.64. The molecule has 1 rings (SSSR count). The first-order chi connectivity index (χ1) is 9.66. The van der Waals surface area contributed by atoms with Crippen molar-refractivity contribution in [1.29, 1.82) is 0 Å². The molecule has 126 valence electrons. The van der Waals surface area contributed by atoms with Crippen LogP contribution in [-0.2, 0) is 4.33 Å². The first-order valence-electron chi connectivity index (χ1n) is 5.65. The minimum absolute atomic E-state index is 0.221. The van der Waals surface area contributed by atoms with Crippen LogP contribution in [0.2, 0.25) is 0 Å². The summed E-state index contributed by atoms with van der Waals surface area (Å²) >= 11 is 54.2. The van der Waals surface area contributed by atoms with E-state index in [1.54, 1.807) is 19.1 Å². The molecule has 1 unspecified atom stereocenters. The first-order valence-corrected chi connectivity index (χ1v) is 9.05. The van der Waals surface area contributed by atoms with E-state index in [2.05, 4.69) is 0 Å². The number of benzene rings is 1. The number of halogens is 9. The highest BCUT2D eigenvalue weighted by molar-refractivity contribution is 6.80. The van der Waals surface area contributed by atoms with Crippen LogP contribution in [0.15, 0.2) is 24.3 Å². The zero-order valence-electron chi connectivity index (χ0n) is 10.7. The van der Waals surface area contributed by atoms with E-state index >= 15 is 0 Å². The summed E-state index contributed by atoms with van der Waals surface area (Å²) in [6.45, 7) is 1.56. The SMILES string of the molecule is CC(O)c1cccc(C(Cl)(Cl)C(Cl)(Cl)C(Cl)(Cl)C(Cl)(Cl)Cl)c1. The lowest BCUT2D eigenvalue weighted by Crippen LogP contribution is -2.54. The molecule has 22 heavy (non-hydrogen) atoms. The summed E-state index contributed by atoms with van der Waals surface area (Å²) in [6.07, 6.45) is -0.769. The number of hydrogen-bond donors (Lipinski definition) is 1. The Bertz CT molecular complexity index is 534. The molecule has 0 aliphatic heterocycles. The second-order valence-electron chi connectivity index (χ2n) is 4.52. The van der Waals surface area contributed by atoms with Gasteiger partial charge < -0.3 is 5.11 Å². The average molecular weight is 488 g/mol. The zero-order chi connectivity index (χ0) is 17.6. The summed E-state index contributed by atoms with van der Waals surface area (Å²) in [7, 11) is 0. The largest absolute Gasteiger partial charge is 0.389 e. The summed E-state index contributed by atoms with van der Waals surface area (Å²) in [6, 6.07) is 6.27. The van der Waals surface area contributed by atoms with Crippen molar-refractivity contribution in [3.05, 3.63) is 35.4 Å². The Morgan fingerprint density at radius 3 is 1.77 bits per heavy atom. The van der Waals surface area contributed by atoms with Gasteiger partial charge >= 0.3 is 0 Å². The van der Waals surface area contributed by atoms with Gasteiger partial charge in [-0.25, -0.2) is 0 Å². The Kier molecular flexibility index (Phi) is 7.14. The summed E-state index contributed by atoms with van der Waals surface area (Å²) in [5.74, 6) is 0. The van der Waals surface area contributed by atoms with Gasteiger partial charge in [-0.1, -0.05) is 129 Å². The Labute approximate surface area is 173 Å². The van der Waals surface area contributed by atoms with Crippen molar-refractivity contribution >= 4 is 104 Å². The van der Waals surface area contributed by atoms with E-state index < -0.39 is 22.9 Å². The van der Waals surface area contributed by atoms with E-state index in [1.165, 1.54) is 12.1 Å². The quantitative estimate of drug-likeness (QED) is 0.449. The summed E-state index contributed by atoms with van der Waals surface area (Å²) in [5, 5.41) is 9.64. The van der Waals surface area contributed by atoms with Crippen LogP contribution in [0.25, 0.3) is 0 Å². The van der Waals surface area contributed by atoms with Crippen molar-refractivity contribution in [3.8, 4) is 0 Å². The maximum absolute atomic E-state index is 9.64. The molecule has 0 heterocycles. The third kappa shape index (κ3) is 3.96. The molecule has 0 bridgehead atoms. The monoisotopic (exact) mass is 484 g/mol. The Balaban J connectivity index is 3.42. The van der Waals surface area contributed by atoms with Crippen LogP contribution >= 0.6 is 104 Å². The van der Waals surface area contributed by atoms with E-state index in [0.717, 1.165) is 0 Å². The number of rotatable bonds is 4. The summed E-state index contributed by atoms with van der Waals surface area (Å²) in [4.78, 5) is 0. The van der Waals surface area contributed by atoms with Crippen molar-refractivity contribution in [2.24, 2.45) is 0 Å². The standard InChI is InChI=1S/C12H9Cl9O/c1-6(22)7-3-2-4-8(5-7)9(13,14)10(15,16)11(17,18)12(19,20)21/h2-6,22H,1H3. The highest BCUT2D eigenvalue weighted by Crippen LogP contribution is 2.65. The Morgan fingerprint density at radius 2 is 1.36 bits per heavy atom. The second-order valence-corrected chi connectivity index (χ2v) is 10.8. The lowest BCUT2D eigenvalue weighted by molar-refractivity contribution is 0.199. The van der Waals surface area contributed by atoms with Crippen molar-refractivity contribution in [2.75, 3.05) is 0 Å².